The maximum Gasteiger partial charge on any atom is 0.337 e. The molecule has 0 bridgehead atoms. The number of ether oxygens (including phenoxy) is 3. The van der Waals surface area contributed by atoms with Gasteiger partial charge in [-0.1, -0.05) is 49.2 Å². The number of benzene rings is 2. The minimum Gasteiger partial charge on any atom is -0.494 e. The molecule has 0 unspecified atom stereocenters. The second-order valence-corrected chi connectivity index (χ2v) is 8.45. The molecule has 3 rings (SSSR count). The molecule has 170 valence electrons. The smallest absolute Gasteiger partial charge is 0.337 e. The van der Waals surface area contributed by atoms with Gasteiger partial charge in [0.1, 0.15) is 15.8 Å². The molecule has 1 aromatic heterocycles. The fourth-order valence-electron chi connectivity index (χ4n) is 3.26. The summed E-state index contributed by atoms with van der Waals surface area (Å²) in [6, 6.07) is 15.1. The van der Waals surface area contributed by atoms with Crippen LogP contribution in [0.3, 0.4) is 0 Å². The number of carbonyl (C=O) groups excluding carboxylic acids is 1. The molecule has 3 aromatic rings. The molecule has 0 radical (unpaired) electrons. The minimum atomic E-state index is -0.352. The molecule has 0 amide bonds. The van der Waals surface area contributed by atoms with Gasteiger partial charge < -0.3 is 14.2 Å². The lowest BCUT2D eigenvalue weighted by Gasteiger charge is -2.06. The van der Waals surface area contributed by atoms with Crippen molar-refractivity contribution in [1.29, 1.82) is 0 Å². The van der Waals surface area contributed by atoms with Gasteiger partial charge in [0.25, 0.3) is 0 Å². The highest BCUT2D eigenvalue weighted by Gasteiger charge is 2.11. The van der Waals surface area contributed by atoms with Crippen LogP contribution in [0.15, 0.2) is 48.5 Å². The van der Waals surface area contributed by atoms with Crippen LogP contribution in [0.1, 0.15) is 48.9 Å². The third kappa shape index (κ3) is 7.14. The number of unbranched alkanes of at least 4 members (excludes halogenated alkanes) is 5. The van der Waals surface area contributed by atoms with Gasteiger partial charge >= 0.3 is 5.97 Å². The molecule has 2 aromatic carbocycles. The van der Waals surface area contributed by atoms with Crippen molar-refractivity contribution in [3.05, 3.63) is 54.1 Å². The van der Waals surface area contributed by atoms with E-state index in [4.69, 9.17) is 14.2 Å². The van der Waals surface area contributed by atoms with Gasteiger partial charge in [-0.15, -0.1) is 10.2 Å². The molecule has 0 aliphatic heterocycles. The average Bonchev–Trinajstić information content (AvgIpc) is 3.33. The number of esters is 1. The Hall–Kier alpha value is -2.77. The molecule has 0 atom stereocenters. The second-order valence-electron chi connectivity index (χ2n) is 7.47. The van der Waals surface area contributed by atoms with Crippen molar-refractivity contribution in [1.82, 2.24) is 10.2 Å². The first kappa shape index (κ1) is 23.9. The summed E-state index contributed by atoms with van der Waals surface area (Å²) < 4.78 is 15.7. The number of hydrogen-bond donors (Lipinski definition) is 0. The maximum absolute atomic E-state index is 11.6. The van der Waals surface area contributed by atoms with Crippen molar-refractivity contribution >= 4 is 17.3 Å². The lowest BCUT2D eigenvalue weighted by Crippen LogP contribution is -2.00. The van der Waals surface area contributed by atoms with E-state index in [0.29, 0.717) is 5.56 Å². The Morgan fingerprint density at radius 2 is 1.28 bits per heavy atom. The van der Waals surface area contributed by atoms with Gasteiger partial charge in [-0.05, 0) is 49.2 Å². The van der Waals surface area contributed by atoms with E-state index < -0.39 is 0 Å². The first-order valence-electron chi connectivity index (χ1n) is 11.0. The molecule has 0 aliphatic rings. The molecule has 0 aliphatic carbocycles. The number of aromatic nitrogens is 2. The molecule has 6 nitrogen and oxygen atoms in total. The topological polar surface area (TPSA) is 70.5 Å². The number of carbonyl (C=O) groups is 1. The van der Waals surface area contributed by atoms with Gasteiger partial charge in [-0.25, -0.2) is 4.79 Å². The molecule has 0 spiro atoms. The Bertz CT molecular complexity index is 955. The van der Waals surface area contributed by atoms with E-state index >= 15 is 0 Å². The van der Waals surface area contributed by atoms with Crippen LogP contribution in [0.25, 0.3) is 21.1 Å². The van der Waals surface area contributed by atoms with E-state index in [-0.39, 0.29) is 5.97 Å². The standard InChI is InChI=1S/C25H30N2O4S/c1-29-17-7-5-3-4-6-8-18-31-22-15-13-20(14-16-22)24-27-26-23(32-24)19-9-11-21(12-10-19)25(28)30-2/h9-16H,3-8,17-18H2,1-2H3. The molecule has 0 saturated heterocycles. The third-order valence-corrected chi connectivity index (χ3v) is 6.11. The largest absolute Gasteiger partial charge is 0.494 e. The number of nitrogens with zero attached hydrogens (tertiary/aromatic N) is 2. The van der Waals surface area contributed by atoms with E-state index in [1.807, 2.05) is 36.4 Å². The van der Waals surface area contributed by atoms with Crippen molar-refractivity contribution in [3.63, 3.8) is 0 Å². The lowest BCUT2D eigenvalue weighted by molar-refractivity contribution is 0.0600. The summed E-state index contributed by atoms with van der Waals surface area (Å²) in [5.74, 6) is 0.520. The molecule has 1 heterocycles. The summed E-state index contributed by atoms with van der Waals surface area (Å²) in [5, 5.41) is 10.3. The fourth-order valence-corrected chi connectivity index (χ4v) is 4.12. The Balaban J connectivity index is 1.45. The monoisotopic (exact) mass is 454 g/mol. The van der Waals surface area contributed by atoms with Crippen molar-refractivity contribution in [3.8, 4) is 26.9 Å². The van der Waals surface area contributed by atoms with E-state index in [1.54, 1.807) is 19.2 Å². The van der Waals surface area contributed by atoms with Crippen molar-refractivity contribution in [2.75, 3.05) is 27.4 Å². The molecule has 0 N–H and O–H groups in total. The first-order valence-corrected chi connectivity index (χ1v) is 11.8. The Labute approximate surface area is 193 Å². The first-order chi connectivity index (χ1) is 15.7. The summed E-state index contributed by atoms with van der Waals surface area (Å²) >= 11 is 1.51. The van der Waals surface area contributed by atoms with E-state index in [9.17, 15) is 4.79 Å². The third-order valence-electron chi connectivity index (χ3n) is 5.09. The van der Waals surface area contributed by atoms with E-state index in [2.05, 4.69) is 10.2 Å². The maximum atomic E-state index is 11.6. The van der Waals surface area contributed by atoms with Crippen LogP contribution in [0.5, 0.6) is 5.75 Å². The van der Waals surface area contributed by atoms with Gasteiger partial charge in [0, 0.05) is 24.8 Å². The van der Waals surface area contributed by atoms with Crippen molar-refractivity contribution in [2.24, 2.45) is 0 Å². The number of methoxy groups -OCH3 is 2. The molecule has 7 heteroatoms. The van der Waals surface area contributed by atoms with Crippen LogP contribution in [-0.2, 0) is 9.47 Å². The highest BCUT2D eigenvalue weighted by Crippen LogP contribution is 2.31. The van der Waals surface area contributed by atoms with E-state index in [0.717, 1.165) is 52.9 Å². The minimum absolute atomic E-state index is 0.352. The van der Waals surface area contributed by atoms with Crippen LogP contribution in [-0.4, -0.2) is 43.6 Å². The van der Waals surface area contributed by atoms with Gasteiger partial charge in [-0.2, -0.15) is 0 Å². The van der Waals surface area contributed by atoms with Crippen LogP contribution in [0, 0.1) is 0 Å². The summed E-state index contributed by atoms with van der Waals surface area (Å²) in [5.41, 5.74) is 2.43. The Kier molecular flexibility index (Phi) is 9.65. The van der Waals surface area contributed by atoms with Crippen molar-refractivity contribution in [2.45, 2.75) is 38.5 Å². The van der Waals surface area contributed by atoms with Crippen LogP contribution in [0.2, 0.25) is 0 Å². The summed E-state index contributed by atoms with van der Waals surface area (Å²) in [4.78, 5) is 11.6. The molecule has 32 heavy (non-hydrogen) atoms. The quantitative estimate of drug-likeness (QED) is 0.232. The molecular formula is C25H30N2O4S. The Morgan fingerprint density at radius 3 is 1.84 bits per heavy atom. The highest BCUT2D eigenvalue weighted by molar-refractivity contribution is 7.17. The zero-order valence-electron chi connectivity index (χ0n) is 18.7. The van der Waals surface area contributed by atoms with Gasteiger partial charge in [0.05, 0.1) is 19.3 Å². The zero-order chi connectivity index (χ0) is 22.6. The van der Waals surface area contributed by atoms with Gasteiger partial charge in [-0.3, -0.25) is 0 Å². The molecule has 0 fully saturated rings. The predicted octanol–water partition coefficient (Wildman–Crippen LogP) is 6.02. The molecule has 0 saturated carbocycles. The highest BCUT2D eigenvalue weighted by atomic mass is 32.1. The summed E-state index contributed by atoms with van der Waals surface area (Å²) in [7, 11) is 3.13. The number of rotatable bonds is 13. The van der Waals surface area contributed by atoms with Gasteiger partial charge in [0.2, 0.25) is 0 Å². The average molecular weight is 455 g/mol. The molecular weight excluding hydrogens is 424 g/mol. The number of hydrogen-bond acceptors (Lipinski definition) is 7. The Morgan fingerprint density at radius 1 is 0.750 bits per heavy atom. The van der Waals surface area contributed by atoms with E-state index in [1.165, 1.54) is 44.1 Å². The lowest BCUT2D eigenvalue weighted by atomic mass is 10.1. The summed E-state index contributed by atoms with van der Waals surface area (Å²) in [6.45, 7) is 1.60. The van der Waals surface area contributed by atoms with Gasteiger partial charge in [0.15, 0.2) is 0 Å². The van der Waals surface area contributed by atoms with Crippen LogP contribution in [0.4, 0.5) is 0 Å². The zero-order valence-corrected chi connectivity index (χ0v) is 19.5. The van der Waals surface area contributed by atoms with Crippen molar-refractivity contribution < 1.29 is 19.0 Å². The SMILES string of the molecule is COCCCCCCCCOc1ccc(-c2nnc(-c3ccc(C(=O)OC)cc3)s2)cc1. The van der Waals surface area contributed by atoms with Crippen LogP contribution < -0.4 is 4.74 Å². The summed E-state index contributed by atoms with van der Waals surface area (Å²) in [6.07, 6.45) is 7.16. The fraction of sp³-hybridized carbons (Fsp3) is 0.400. The predicted molar refractivity (Wildman–Crippen MR) is 127 cm³/mol. The normalized spacial score (nSPS) is 10.8. The van der Waals surface area contributed by atoms with Crippen LogP contribution >= 0.6 is 11.3 Å². The second kappa shape index (κ2) is 12.9.